The molecule has 0 radical (unpaired) electrons. The molecule has 3 aliphatic rings. The molecule has 3 nitrogen and oxygen atoms in total. The Kier molecular flexibility index (Phi) is 8.75. The summed E-state index contributed by atoms with van der Waals surface area (Å²) >= 11 is 1.92. The molecule has 0 aliphatic heterocycles. The van der Waals surface area contributed by atoms with Crippen molar-refractivity contribution in [2.45, 2.75) is 116 Å². The molecule has 3 unspecified atom stereocenters. The van der Waals surface area contributed by atoms with Gasteiger partial charge >= 0.3 is 0 Å². The number of rotatable bonds is 9. The highest BCUT2D eigenvalue weighted by Gasteiger charge is 2.56. The molecule has 3 N–H and O–H groups in total. The summed E-state index contributed by atoms with van der Waals surface area (Å²) < 4.78 is 0. The van der Waals surface area contributed by atoms with Crippen LogP contribution in [0.4, 0.5) is 0 Å². The van der Waals surface area contributed by atoms with Gasteiger partial charge in [0.25, 0.3) is 0 Å². The van der Waals surface area contributed by atoms with E-state index in [0.717, 1.165) is 30.6 Å². The monoisotopic (exact) mass is 526 g/mol. The third kappa shape index (κ3) is 5.93. The molecule has 0 saturated heterocycles. The zero-order valence-corrected chi connectivity index (χ0v) is 24.8. The van der Waals surface area contributed by atoms with Gasteiger partial charge in [0, 0.05) is 16.1 Å². The van der Waals surface area contributed by atoms with Crippen molar-refractivity contribution in [1.82, 2.24) is 0 Å². The van der Waals surface area contributed by atoms with E-state index in [9.17, 15) is 15.3 Å². The Morgan fingerprint density at radius 1 is 1.14 bits per heavy atom. The summed E-state index contributed by atoms with van der Waals surface area (Å²) in [5.74, 6) is 2.97. The molecule has 4 heteroatoms. The van der Waals surface area contributed by atoms with E-state index in [-0.39, 0.29) is 23.0 Å². The van der Waals surface area contributed by atoms with Gasteiger partial charge in [-0.2, -0.15) is 0 Å². The van der Waals surface area contributed by atoms with Crippen LogP contribution in [0.3, 0.4) is 0 Å². The highest BCUT2D eigenvalue weighted by atomic mass is 32.2. The number of aliphatic hydroxyl groups is 3. The van der Waals surface area contributed by atoms with Crippen LogP contribution in [-0.4, -0.2) is 33.3 Å². The Morgan fingerprint density at radius 3 is 2.38 bits per heavy atom. The number of aliphatic hydroxyl groups excluding tert-OH is 2. The van der Waals surface area contributed by atoms with E-state index in [1.54, 1.807) is 0 Å². The van der Waals surface area contributed by atoms with Gasteiger partial charge in [0.2, 0.25) is 0 Å². The molecule has 37 heavy (non-hydrogen) atoms. The smallest absolute Gasteiger partial charge is 0.0840 e. The maximum atomic E-state index is 10.6. The standard InChI is InChI=1S/C33H50O3S/c1-7-24(13-12-23-18-29(34)33(16-17-33)30(35)19-23)28-15-14-27(32(28,6)8-2)22(3)21-37-26-11-9-10-25(20-26)31(4,5)36/h9-13,20,22,27-30,34-36H,7-8,14-19,21H2,1-6H3/b24-13+/t22-,27?,28?,29+,30+,32?/m0/s1. The Bertz CT molecular complexity index is 985. The lowest BCUT2D eigenvalue weighted by molar-refractivity contribution is -0.0225. The Labute approximate surface area is 229 Å². The van der Waals surface area contributed by atoms with E-state index >= 15 is 0 Å². The normalized spacial score (nSPS) is 32.6. The highest BCUT2D eigenvalue weighted by Crippen LogP contribution is 2.58. The summed E-state index contributed by atoms with van der Waals surface area (Å²) in [4.78, 5) is 1.24. The van der Waals surface area contributed by atoms with Gasteiger partial charge in [-0.3, -0.25) is 0 Å². The molecule has 1 aromatic carbocycles. The van der Waals surface area contributed by atoms with Crippen LogP contribution in [0, 0.1) is 28.6 Å². The van der Waals surface area contributed by atoms with Crippen molar-refractivity contribution in [1.29, 1.82) is 0 Å². The number of benzene rings is 1. The predicted molar refractivity (Wildman–Crippen MR) is 156 cm³/mol. The SMILES string of the molecule is CC/C(=C\C=C1C[C@@H](O)C2(CC2)[C@H](O)C1)C1CCC([C@@H](C)CSc2cccc(C(C)(C)O)c2)C1(C)CC. The first-order chi connectivity index (χ1) is 17.4. The van der Waals surface area contributed by atoms with Gasteiger partial charge in [0.1, 0.15) is 0 Å². The highest BCUT2D eigenvalue weighted by molar-refractivity contribution is 7.99. The number of allylic oxidation sites excluding steroid dienone is 3. The summed E-state index contributed by atoms with van der Waals surface area (Å²) in [6, 6.07) is 8.38. The first-order valence-electron chi connectivity index (χ1n) is 14.6. The summed E-state index contributed by atoms with van der Waals surface area (Å²) in [6.45, 7) is 13.3. The minimum Gasteiger partial charge on any atom is -0.392 e. The van der Waals surface area contributed by atoms with Crippen molar-refractivity contribution < 1.29 is 15.3 Å². The van der Waals surface area contributed by atoms with E-state index < -0.39 is 5.60 Å². The minimum absolute atomic E-state index is 0.197. The molecule has 4 rings (SSSR count). The number of hydrogen-bond donors (Lipinski definition) is 3. The van der Waals surface area contributed by atoms with Crippen LogP contribution in [-0.2, 0) is 5.60 Å². The maximum Gasteiger partial charge on any atom is 0.0840 e. The van der Waals surface area contributed by atoms with Crippen LogP contribution in [0.5, 0.6) is 0 Å². The molecule has 3 fully saturated rings. The molecular weight excluding hydrogens is 476 g/mol. The minimum atomic E-state index is -0.813. The summed E-state index contributed by atoms with van der Waals surface area (Å²) in [5.41, 5.74) is 2.98. The van der Waals surface area contributed by atoms with Crippen LogP contribution in [0.15, 0.2) is 52.5 Å². The summed E-state index contributed by atoms with van der Waals surface area (Å²) in [5, 5.41) is 31.7. The lowest BCUT2D eigenvalue weighted by atomic mass is 9.65. The van der Waals surface area contributed by atoms with Crippen LogP contribution >= 0.6 is 11.8 Å². The van der Waals surface area contributed by atoms with Gasteiger partial charge < -0.3 is 15.3 Å². The number of thioether (sulfide) groups is 1. The van der Waals surface area contributed by atoms with Crippen molar-refractivity contribution in [2.24, 2.45) is 28.6 Å². The predicted octanol–water partition coefficient (Wildman–Crippen LogP) is 7.64. The van der Waals surface area contributed by atoms with E-state index in [4.69, 9.17) is 0 Å². The second-order valence-corrected chi connectivity index (χ2v) is 14.2. The summed E-state index contributed by atoms with van der Waals surface area (Å²) in [7, 11) is 0. The van der Waals surface area contributed by atoms with Crippen molar-refractivity contribution in [3.63, 3.8) is 0 Å². The summed E-state index contributed by atoms with van der Waals surface area (Å²) in [6.07, 6.45) is 11.9. The van der Waals surface area contributed by atoms with E-state index in [2.05, 4.69) is 58.0 Å². The van der Waals surface area contributed by atoms with Gasteiger partial charge in [-0.1, -0.05) is 63.1 Å². The van der Waals surface area contributed by atoms with Crippen LogP contribution in [0.25, 0.3) is 0 Å². The number of hydrogen-bond acceptors (Lipinski definition) is 4. The van der Waals surface area contributed by atoms with Crippen molar-refractivity contribution in [3.05, 3.63) is 53.1 Å². The van der Waals surface area contributed by atoms with Crippen LogP contribution in [0.1, 0.15) is 98.5 Å². The molecule has 1 spiro atoms. The van der Waals surface area contributed by atoms with Crippen molar-refractivity contribution >= 4 is 11.8 Å². The molecule has 3 aliphatic carbocycles. The topological polar surface area (TPSA) is 60.7 Å². The first kappa shape index (κ1) is 28.9. The quantitative estimate of drug-likeness (QED) is 0.289. The van der Waals surface area contributed by atoms with Gasteiger partial charge in [0.15, 0.2) is 0 Å². The Hall–Kier alpha value is -1.07. The second kappa shape index (κ2) is 11.2. The van der Waals surface area contributed by atoms with Gasteiger partial charge in [-0.25, -0.2) is 0 Å². The molecule has 0 bridgehead atoms. The third-order valence-electron chi connectivity index (χ3n) is 10.4. The average molecular weight is 527 g/mol. The zero-order valence-electron chi connectivity index (χ0n) is 24.0. The fraction of sp³-hybridized carbons (Fsp3) is 0.697. The van der Waals surface area contributed by atoms with Gasteiger partial charge in [-0.15, -0.1) is 11.8 Å². The Morgan fingerprint density at radius 2 is 1.81 bits per heavy atom. The molecular formula is C33H50O3S. The van der Waals surface area contributed by atoms with E-state index in [1.165, 1.54) is 35.3 Å². The maximum absolute atomic E-state index is 10.6. The molecule has 0 aromatic heterocycles. The largest absolute Gasteiger partial charge is 0.392 e. The average Bonchev–Trinajstić information content (AvgIpc) is 3.60. The molecule has 6 atom stereocenters. The lowest BCUT2D eigenvalue weighted by Gasteiger charge is -2.40. The Balaban J connectivity index is 1.44. The van der Waals surface area contributed by atoms with E-state index in [1.807, 2.05) is 31.7 Å². The van der Waals surface area contributed by atoms with E-state index in [0.29, 0.717) is 30.6 Å². The fourth-order valence-corrected chi connectivity index (χ4v) is 8.56. The lowest BCUT2D eigenvalue weighted by Crippen LogP contribution is -2.38. The van der Waals surface area contributed by atoms with Crippen molar-refractivity contribution in [2.75, 3.05) is 5.75 Å². The molecule has 0 heterocycles. The van der Waals surface area contributed by atoms with Gasteiger partial charge in [-0.05, 0) is 106 Å². The molecule has 3 saturated carbocycles. The van der Waals surface area contributed by atoms with Gasteiger partial charge in [0.05, 0.1) is 17.8 Å². The molecule has 1 aromatic rings. The fourth-order valence-electron chi connectivity index (χ4n) is 7.49. The second-order valence-electron chi connectivity index (χ2n) is 13.1. The van der Waals surface area contributed by atoms with Crippen LogP contribution < -0.4 is 0 Å². The van der Waals surface area contributed by atoms with Crippen LogP contribution in [0.2, 0.25) is 0 Å². The first-order valence-corrected chi connectivity index (χ1v) is 15.6. The molecule has 206 valence electrons. The van der Waals surface area contributed by atoms with Crippen molar-refractivity contribution in [3.8, 4) is 0 Å². The zero-order chi connectivity index (χ0) is 27.0. The molecule has 0 amide bonds. The third-order valence-corrected chi connectivity index (χ3v) is 11.6.